The summed E-state index contributed by atoms with van der Waals surface area (Å²) >= 11 is 1.80. The van der Waals surface area contributed by atoms with E-state index in [1.807, 2.05) is 0 Å². The average molecular weight is 327 g/mol. The van der Waals surface area contributed by atoms with Gasteiger partial charge in [0, 0.05) is 49.9 Å². The van der Waals surface area contributed by atoms with Crippen molar-refractivity contribution in [2.75, 3.05) is 32.4 Å². The van der Waals surface area contributed by atoms with E-state index in [1.54, 1.807) is 11.8 Å². The zero-order valence-corrected chi connectivity index (χ0v) is 14.9. The van der Waals surface area contributed by atoms with Crippen molar-refractivity contribution in [2.45, 2.75) is 24.9 Å². The van der Waals surface area contributed by atoms with E-state index in [9.17, 15) is 0 Å². The van der Waals surface area contributed by atoms with Crippen LogP contribution in [0.5, 0.6) is 0 Å². The van der Waals surface area contributed by atoms with Crippen LogP contribution in [-0.4, -0.2) is 47.2 Å². The molecule has 0 aliphatic carbocycles. The molecule has 1 fully saturated rings. The third kappa shape index (κ3) is 4.80. The predicted molar refractivity (Wildman–Crippen MR) is 97.8 cm³/mol. The van der Waals surface area contributed by atoms with Gasteiger partial charge in [0.2, 0.25) is 0 Å². The lowest BCUT2D eigenvalue weighted by Crippen LogP contribution is -2.45. The molecular formula is C19H25N3S. The van der Waals surface area contributed by atoms with Crippen molar-refractivity contribution < 1.29 is 0 Å². The van der Waals surface area contributed by atoms with E-state index in [1.165, 1.54) is 16.2 Å². The van der Waals surface area contributed by atoms with Gasteiger partial charge in [-0.15, -0.1) is 11.8 Å². The summed E-state index contributed by atoms with van der Waals surface area (Å²) in [6, 6.07) is 15.3. The Morgan fingerprint density at radius 1 is 0.913 bits per heavy atom. The van der Waals surface area contributed by atoms with Gasteiger partial charge in [-0.25, -0.2) is 0 Å². The number of thioether (sulfide) groups is 1. The first-order valence-electron chi connectivity index (χ1n) is 8.23. The van der Waals surface area contributed by atoms with Gasteiger partial charge in [-0.3, -0.25) is 14.8 Å². The molecule has 1 saturated heterocycles. The van der Waals surface area contributed by atoms with Crippen LogP contribution in [0.25, 0.3) is 0 Å². The molecule has 2 aromatic rings. The van der Waals surface area contributed by atoms with E-state index in [4.69, 9.17) is 0 Å². The molecule has 1 aromatic heterocycles. The summed E-state index contributed by atoms with van der Waals surface area (Å²) in [7, 11) is 0. The quantitative estimate of drug-likeness (QED) is 0.783. The van der Waals surface area contributed by atoms with Crippen LogP contribution in [0.2, 0.25) is 0 Å². The number of aryl methyl sites for hydroxylation is 1. The fourth-order valence-corrected chi connectivity index (χ4v) is 3.42. The summed E-state index contributed by atoms with van der Waals surface area (Å²) in [5, 5.41) is 0. The lowest BCUT2D eigenvalue weighted by Gasteiger charge is -2.34. The molecule has 0 saturated carbocycles. The third-order valence-corrected chi connectivity index (χ3v) is 5.11. The van der Waals surface area contributed by atoms with Gasteiger partial charge < -0.3 is 0 Å². The Balaban J connectivity index is 1.48. The number of pyridine rings is 1. The normalized spacial score (nSPS) is 16.6. The lowest BCUT2D eigenvalue weighted by molar-refractivity contribution is 0.121. The summed E-state index contributed by atoms with van der Waals surface area (Å²) in [5.74, 6) is 0. The minimum Gasteiger partial charge on any atom is -0.297 e. The number of hydrogen-bond acceptors (Lipinski definition) is 4. The Kier molecular flexibility index (Phi) is 5.70. The Morgan fingerprint density at radius 3 is 2.17 bits per heavy atom. The highest BCUT2D eigenvalue weighted by Gasteiger charge is 2.17. The van der Waals surface area contributed by atoms with Crippen LogP contribution < -0.4 is 0 Å². The van der Waals surface area contributed by atoms with Gasteiger partial charge in [0.1, 0.15) is 0 Å². The minimum absolute atomic E-state index is 0.970. The Morgan fingerprint density at radius 2 is 1.57 bits per heavy atom. The van der Waals surface area contributed by atoms with E-state index in [0.29, 0.717) is 0 Å². The molecule has 0 amide bonds. The molecule has 1 aliphatic heterocycles. The SMILES string of the molecule is CSc1ccc(CN2CCN(Cc3cccc(C)n3)CC2)cc1. The molecule has 0 N–H and O–H groups in total. The van der Waals surface area contributed by atoms with Gasteiger partial charge in [0.25, 0.3) is 0 Å². The summed E-state index contributed by atoms with van der Waals surface area (Å²) in [6.45, 7) is 8.61. The monoisotopic (exact) mass is 327 g/mol. The first-order valence-corrected chi connectivity index (χ1v) is 9.45. The van der Waals surface area contributed by atoms with Crippen LogP contribution in [0.15, 0.2) is 47.4 Å². The van der Waals surface area contributed by atoms with E-state index < -0.39 is 0 Å². The highest BCUT2D eigenvalue weighted by atomic mass is 32.2. The first-order chi connectivity index (χ1) is 11.2. The maximum atomic E-state index is 4.61. The van der Waals surface area contributed by atoms with Crippen LogP contribution >= 0.6 is 11.8 Å². The summed E-state index contributed by atoms with van der Waals surface area (Å²) in [4.78, 5) is 11.0. The molecule has 122 valence electrons. The molecule has 23 heavy (non-hydrogen) atoms. The lowest BCUT2D eigenvalue weighted by atomic mass is 10.2. The molecular weight excluding hydrogens is 302 g/mol. The molecule has 0 radical (unpaired) electrons. The summed E-state index contributed by atoms with van der Waals surface area (Å²) < 4.78 is 0. The first kappa shape index (κ1) is 16.5. The van der Waals surface area contributed by atoms with E-state index in [2.05, 4.69) is 70.4 Å². The van der Waals surface area contributed by atoms with Crippen molar-refractivity contribution in [3.8, 4) is 0 Å². The molecule has 0 atom stereocenters. The Bertz CT molecular complexity index is 619. The zero-order chi connectivity index (χ0) is 16.1. The van der Waals surface area contributed by atoms with Crippen LogP contribution in [0.4, 0.5) is 0 Å². The number of rotatable bonds is 5. The van der Waals surface area contributed by atoms with Gasteiger partial charge in [-0.1, -0.05) is 18.2 Å². The molecule has 1 aliphatic rings. The molecule has 0 unspecified atom stereocenters. The highest BCUT2D eigenvalue weighted by molar-refractivity contribution is 7.98. The van der Waals surface area contributed by atoms with Gasteiger partial charge >= 0.3 is 0 Å². The molecule has 2 heterocycles. The number of hydrogen-bond donors (Lipinski definition) is 0. The van der Waals surface area contributed by atoms with Gasteiger partial charge in [0.15, 0.2) is 0 Å². The smallest absolute Gasteiger partial charge is 0.0547 e. The largest absolute Gasteiger partial charge is 0.297 e. The third-order valence-electron chi connectivity index (χ3n) is 4.36. The van der Waals surface area contributed by atoms with Crippen molar-refractivity contribution >= 4 is 11.8 Å². The molecule has 0 spiro atoms. The summed E-state index contributed by atoms with van der Waals surface area (Å²) in [5.41, 5.74) is 3.71. The zero-order valence-electron chi connectivity index (χ0n) is 14.0. The average Bonchev–Trinajstić information content (AvgIpc) is 2.57. The van der Waals surface area contributed by atoms with Gasteiger partial charge in [-0.05, 0) is 43.0 Å². The number of nitrogens with zero attached hydrogens (tertiary/aromatic N) is 3. The van der Waals surface area contributed by atoms with Crippen molar-refractivity contribution in [3.63, 3.8) is 0 Å². The van der Waals surface area contributed by atoms with Gasteiger partial charge in [0.05, 0.1) is 5.69 Å². The van der Waals surface area contributed by atoms with E-state index >= 15 is 0 Å². The fourth-order valence-electron chi connectivity index (χ4n) is 3.01. The highest BCUT2D eigenvalue weighted by Crippen LogP contribution is 2.16. The second kappa shape index (κ2) is 7.95. The van der Waals surface area contributed by atoms with Crippen molar-refractivity contribution in [2.24, 2.45) is 0 Å². The van der Waals surface area contributed by atoms with Crippen LogP contribution in [-0.2, 0) is 13.1 Å². The molecule has 4 heteroatoms. The molecule has 1 aromatic carbocycles. The topological polar surface area (TPSA) is 19.4 Å². The molecule has 3 nitrogen and oxygen atoms in total. The van der Waals surface area contributed by atoms with Crippen LogP contribution in [0, 0.1) is 6.92 Å². The molecule has 3 rings (SSSR count). The molecule has 0 bridgehead atoms. The van der Waals surface area contributed by atoms with Crippen molar-refractivity contribution in [1.29, 1.82) is 0 Å². The Hall–Kier alpha value is -1.36. The maximum Gasteiger partial charge on any atom is 0.0547 e. The maximum absolute atomic E-state index is 4.61. The van der Waals surface area contributed by atoms with Crippen molar-refractivity contribution in [1.82, 2.24) is 14.8 Å². The van der Waals surface area contributed by atoms with Gasteiger partial charge in [-0.2, -0.15) is 0 Å². The second-order valence-electron chi connectivity index (χ2n) is 6.17. The standard InChI is InChI=1S/C19H25N3S/c1-16-4-3-5-18(20-16)15-22-12-10-21(11-13-22)14-17-6-8-19(23-2)9-7-17/h3-9H,10-15H2,1-2H3. The number of piperazine rings is 1. The predicted octanol–water partition coefficient (Wildman–Crippen LogP) is 3.43. The summed E-state index contributed by atoms with van der Waals surface area (Å²) in [6.07, 6.45) is 2.12. The van der Waals surface area contributed by atoms with Crippen LogP contribution in [0.3, 0.4) is 0 Å². The second-order valence-corrected chi connectivity index (χ2v) is 7.05. The van der Waals surface area contributed by atoms with E-state index in [-0.39, 0.29) is 0 Å². The number of aromatic nitrogens is 1. The fraction of sp³-hybridized carbons (Fsp3) is 0.421. The van der Waals surface area contributed by atoms with E-state index in [0.717, 1.165) is 45.0 Å². The Labute approximate surface area is 143 Å². The number of benzene rings is 1. The van der Waals surface area contributed by atoms with Crippen LogP contribution in [0.1, 0.15) is 17.0 Å². The van der Waals surface area contributed by atoms with Crippen molar-refractivity contribution in [3.05, 3.63) is 59.4 Å². The minimum atomic E-state index is 0.970.